The molecule has 0 atom stereocenters. The van der Waals surface area contributed by atoms with Crippen LogP contribution in [0.5, 0.6) is 0 Å². The molecule has 0 rings (SSSR count). The Morgan fingerprint density at radius 2 is 1.93 bits per heavy atom. The lowest BCUT2D eigenvalue weighted by molar-refractivity contribution is 0.314. The predicted octanol–water partition coefficient (Wildman–Crippen LogP) is 0.419. The SMILES string of the molecule is CCN(CCC(N)=S)CCS(=O)(=O)CC. The van der Waals surface area contributed by atoms with E-state index in [2.05, 4.69) is 0 Å². The summed E-state index contributed by atoms with van der Waals surface area (Å²) in [6.07, 6.45) is 0.648. The molecule has 0 aromatic carbocycles. The number of nitrogens with zero attached hydrogens (tertiary/aromatic N) is 1. The zero-order chi connectivity index (χ0) is 11.9. The zero-order valence-corrected chi connectivity index (χ0v) is 11.0. The lowest BCUT2D eigenvalue weighted by Gasteiger charge is -2.19. The van der Waals surface area contributed by atoms with Gasteiger partial charge in [-0.25, -0.2) is 8.42 Å². The zero-order valence-electron chi connectivity index (χ0n) is 9.40. The summed E-state index contributed by atoms with van der Waals surface area (Å²) in [5.41, 5.74) is 5.39. The van der Waals surface area contributed by atoms with Gasteiger partial charge < -0.3 is 10.6 Å². The van der Waals surface area contributed by atoms with Crippen molar-refractivity contribution in [3.05, 3.63) is 0 Å². The fourth-order valence-corrected chi connectivity index (χ4v) is 2.03. The monoisotopic (exact) mass is 252 g/mol. The van der Waals surface area contributed by atoms with Crippen molar-refractivity contribution < 1.29 is 8.42 Å². The maximum Gasteiger partial charge on any atom is 0.151 e. The Labute approximate surface area is 97.7 Å². The highest BCUT2D eigenvalue weighted by molar-refractivity contribution is 7.91. The van der Waals surface area contributed by atoms with E-state index >= 15 is 0 Å². The topological polar surface area (TPSA) is 63.4 Å². The van der Waals surface area contributed by atoms with Crippen LogP contribution in [-0.4, -0.2) is 49.4 Å². The van der Waals surface area contributed by atoms with Gasteiger partial charge in [0.1, 0.15) is 0 Å². The van der Waals surface area contributed by atoms with Gasteiger partial charge >= 0.3 is 0 Å². The van der Waals surface area contributed by atoms with Gasteiger partial charge in [-0.05, 0) is 6.54 Å². The van der Waals surface area contributed by atoms with Crippen LogP contribution >= 0.6 is 12.2 Å². The minimum atomic E-state index is -2.87. The molecule has 4 nitrogen and oxygen atoms in total. The maximum absolute atomic E-state index is 11.3. The average Bonchev–Trinajstić information content (AvgIpc) is 2.18. The highest BCUT2D eigenvalue weighted by Crippen LogP contribution is 1.96. The van der Waals surface area contributed by atoms with Gasteiger partial charge in [-0.2, -0.15) is 0 Å². The molecule has 0 bridgehead atoms. The fourth-order valence-electron chi connectivity index (χ4n) is 1.11. The van der Waals surface area contributed by atoms with Crippen LogP contribution < -0.4 is 5.73 Å². The lowest BCUT2D eigenvalue weighted by Crippen LogP contribution is -2.32. The molecule has 90 valence electrons. The molecule has 0 aromatic heterocycles. The summed E-state index contributed by atoms with van der Waals surface area (Å²) in [6, 6.07) is 0. The molecule has 0 radical (unpaired) electrons. The molecule has 0 aliphatic rings. The first-order valence-corrected chi connectivity index (χ1v) is 7.35. The molecule has 0 aromatic rings. The molecule has 15 heavy (non-hydrogen) atoms. The summed E-state index contributed by atoms with van der Waals surface area (Å²) < 4.78 is 22.6. The van der Waals surface area contributed by atoms with E-state index in [4.69, 9.17) is 18.0 Å². The van der Waals surface area contributed by atoms with E-state index in [1.807, 2.05) is 11.8 Å². The lowest BCUT2D eigenvalue weighted by atomic mass is 10.4. The number of rotatable bonds is 8. The molecule has 6 heteroatoms. The summed E-state index contributed by atoms with van der Waals surface area (Å²) in [5, 5.41) is 0. The van der Waals surface area contributed by atoms with Crippen LogP contribution in [0.25, 0.3) is 0 Å². The standard InChI is InChI=1S/C9H20N2O2S2/c1-3-11(6-5-9(10)14)7-8-15(12,13)4-2/h3-8H2,1-2H3,(H2,10,14). The van der Waals surface area contributed by atoms with E-state index in [-0.39, 0.29) is 11.5 Å². The summed E-state index contributed by atoms with van der Waals surface area (Å²) >= 11 is 4.78. The molecule has 0 aliphatic heterocycles. The molecule has 0 saturated carbocycles. The summed E-state index contributed by atoms with van der Waals surface area (Å²) in [6.45, 7) is 5.79. The van der Waals surface area contributed by atoms with Crippen molar-refractivity contribution in [2.75, 3.05) is 31.1 Å². The molecular formula is C9H20N2O2S2. The molecule has 0 spiro atoms. The Hall–Kier alpha value is -0.200. The van der Waals surface area contributed by atoms with Gasteiger partial charge in [-0.15, -0.1) is 0 Å². The van der Waals surface area contributed by atoms with Crippen molar-refractivity contribution in [2.45, 2.75) is 20.3 Å². The van der Waals surface area contributed by atoms with E-state index in [1.165, 1.54) is 0 Å². The van der Waals surface area contributed by atoms with Crippen molar-refractivity contribution in [1.82, 2.24) is 4.90 Å². The average molecular weight is 252 g/mol. The third-order valence-corrected chi connectivity index (χ3v) is 4.17. The quantitative estimate of drug-likeness (QED) is 0.634. The third-order valence-electron chi connectivity index (χ3n) is 2.28. The van der Waals surface area contributed by atoms with Gasteiger partial charge in [0.2, 0.25) is 0 Å². The molecule has 2 N–H and O–H groups in total. The van der Waals surface area contributed by atoms with Crippen molar-refractivity contribution in [2.24, 2.45) is 5.73 Å². The van der Waals surface area contributed by atoms with Crippen LogP contribution in [0, 0.1) is 0 Å². The number of sulfone groups is 1. The van der Waals surface area contributed by atoms with Crippen LogP contribution in [0.15, 0.2) is 0 Å². The molecule has 0 fully saturated rings. The fraction of sp³-hybridized carbons (Fsp3) is 0.889. The van der Waals surface area contributed by atoms with E-state index in [9.17, 15) is 8.42 Å². The van der Waals surface area contributed by atoms with Crippen LogP contribution in [0.3, 0.4) is 0 Å². The first kappa shape index (κ1) is 14.8. The van der Waals surface area contributed by atoms with Gasteiger partial charge in [-0.3, -0.25) is 0 Å². The number of hydrogen-bond donors (Lipinski definition) is 1. The Kier molecular flexibility index (Phi) is 7.04. The summed E-state index contributed by atoms with van der Waals surface area (Å²) in [7, 11) is -2.87. The van der Waals surface area contributed by atoms with Crippen LogP contribution in [0.1, 0.15) is 20.3 Å². The summed E-state index contributed by atoms with van der Waals surface area (Å²) in [5.74, 6) is 0.425. The second-order valence-corrected chi connectivity index (χ2v) is 6.38. The van der Waals surface area contributed by atoms with Gasteiger partial charge in [0.05, 0.1) is 10.7 Å². The predicted molar refractivity (Wildman–Crippen MR) is 67.8 cm³/mol. The number of nitrogens with two attached hydrogens (primary N) is 1. The first-order chi connectivity index (χ1) is 6.91. The van der Waals surface area contributed by atoms with Gasteiger partial charge in [0.15, 0.2) is 9.84 Å². The highest BCUT2D eigenvalue weighted by Gasteiger charge is 2.10. The number of thiocarbonyl (C=S) groups is 1. The normalized spacial score (nSPS) is 11.9. The first-order valence-electron chi connectivity index (χ1n) is 5.12. The minimum absolute atomic E-state index is 0.208. The Bertz CT molecular complexity index is 288. The molecule has 0 heterocycles. The minimum Gasteiger partial charge on any atom is -0.393 e. The van der Waals surface area contributed by atoms with Gasteiger partial charge in [-0.1, -0.05) is 26.1 Å². The van der Waals surface area contributed by atoms with Crippen molar-refractivity contribution in [1.29, 1.82) is 0 Å². The Morgan fingerprint density at radius 1 is 1.33 bits per heavy atom. The summed E-state index contributed by atoms with van der Waals surface area (Å²) in [4.78, 5) is 2.53. The van der Waals surface area contributed by atoms with Crippen molar-refractivity contribution in [3.63, 3.8) is 0 Å². The Morgan fingerprint density at radius 3 is 2.33 bits per heavy atom. The Balaban J connectivity index is 3.95. The van der Waals surface area contributed by atoms with Gasteiger partial charge in [0.25, 0.3) is 0 Å². The van der Waals surface area contributed by atoms with E-state index < -0.39 is 9.84 Å². The molecular weight excluding hydrogens is 232 g/mol. The highest BCUT2D eigenvalue weighted by atomic mass is 32.2. The second-order valence-electron chi connectivity index (χ2n) is 3.39. The van der Waals surface area contributed by atoms with Crippen molar-refractivity contribution in [3.8, 4) is 0 Å². The third kappa shape index (κ3) is 7.70. The van der Waals surface area contributed by atoms with Crippen molar-refractivity contribution >= 4 is 27.0 Å². The second kappa shape index (κ2) is 7.14. The van der Waals surface area contributed by atoms with E-state index in [0.717, 1.165) is 13.1 Å². The van der Waals surface area contributed by atoms with Crippen LogP contribution in [0.2, 0.25) is 0 Å². The largest absolute Gasteiger partial charge is 0.393 e. The number of hydrogen-bond acceptors (Lipinski definition) is 4. The molecule has 0 unspecified atom stereocenters. The molecule has 0 aliphatic carbocycles. The molecule has 0 saturated heterocycles. The van der Waals surface area contributed by atoms with Gasteiger partial charge in [0, 0.05) is 25.3 Å². The maximum atomic E-state index is 11.3. The van der Waals surface area contributed by atoms with Crippen LogP contribution in [-0.2, 0) is 9.84 Å². The van der Waals surface area contributed by atoms with Crippen LogP contribution in [0.4, 0.5) is 0 Å². The van der Waals surface area contributed by atoms with E-state index in [1.54, 1.807) is 6.92 Å². The van der Waals surface area contributed by atoms with E-state index in [0.29, 0.717) is 18.0 Å². The smallest absolute Gasteiger partial charge is 0.151 e. The molecule has 0 amide bonds.